The Kier molecular flexibility index (Phi) is 5.48. The van der Waals surface area contributed by atoms with E-state index in [1.165, 1.54) is 6.33 Å². The van der Waals surface area contributed by atoms with Gasteiger partial charge in [0.15, 0.2) is 0 Å². The van der Waals surface area contributed by atoms with Crippen molar-refractivity contribution in [1.29, 1.82) is 0 Å². The maximum absolute atomic E-state index is 11.7. The zero-order chi connectivity index (χ0) is 15.1. The third-order valence-electron chi connectivity index (χ3n) is 3.82. The van der Waals surface area contributed by atoms with Gasteiger partial charge in [-0.05, 0) is 37.7 Å². The van der Waals surface area contributed by atoms with Gasteiger partial charge < -0.3 is 15.7 Å². The first-order valence-corrected chi connectivity index (χ1v) is 7.14. The van der Waals surface area contributed by atoms with Crippen LogP contribution in [0.1, 0.15) is 31.4 Å². The molecule has 21 heavy (non-hydrogen) atoms. The number of carboxylic acid groups (broad SMARTS) is 1. The number of hydrogen-bond donors (Lipinski definition) is 3. The summed E-state index contributed by atoms with van der Waals surface area (Å²) < 4.78 is 0. The van der Waals surface area contributed by atoms with Crippen LogP contribution in [0.3, 0.4) is 0 Å². The van der Waals surface area contributed by atoms with Gasteiger partial charge in [-0.1, -0.05) is 0 Å². The topological polar surface area (TPSA) is 104 Å². The highest BCUT2D eigenvalue weighted by Gasteiger charge is 2.25. The highest BCUT2D eigenvalue weighted by atomic mass is 16.4. The molecule has 0 aromatic carbocycles. The average molecular weight is 292 g/mol. The first-order valence-electron chi connectivity index (χ1n) is 7.14. The summed E-state index contributed by atoms with van der Waals surface area (Å²) in [5.74, 6) is -0.553. The molecule has 0 unspecified atom stereocenters. The van der Waals surface area contributed by atoms with Gasteiger partial charge in [0.1, 0.15) is 6.33 Å². The van der Waals surface area contributed by atoms with E-state index >= 15 is 0 Å². The van der Waals surface area contributed by atoms with Gasteiger partial charge in [0, 0.05) is 12.7 Å². The third-order valence-corrected chi connectivity index (χ3v) is 3.82. The largest absolute Gasteiger partial charge is 0.481 e. The van der Waals surface area contributed by atoms with E-state index in [4.69, 9.17) is 5.11 Å². The van der Waals surface area contributed by atoms with Gasteiger partial charge in [-0.3, -0.25) is 4.79 Å². The molecule has 0 aliphatic heterocycles. The third kappa shape index (κ3) is 5.02. The first-order chi connectivity index (χ1) is 10.1. The second-order valence-electron chi connectivity index (χ2n) is 5.32. The molecule has 1 fully saturated rings. The fourth-order valence-corrected chi connectivity index (χ4v) is 2.51. The Labute approximate surface area is 123 Å². The Morgan fingerprint density at radius 2 is 2.00 bits per heavy atom. The second kappa shape index (κ2) is 7.56. The lowest BCUT2D eigenvalue weighted by molar-refractivity contribution is -0.143. The number of amides is 2. The Morgan fingerprint density at radius 3 is 2.62 bits per heavy atom. The van der Waals surface area contributed by atoms with Crippen LogP contribution in [0.4, 0.5) is 4.79 Å². The number of hydrogen-bond acceptors (Lipinski definition) is 4. The number of aliphatic carboxylic acids is 1. The summed E-state index contributed by atoms with van der Waals surface area (Å²) >= 11 is 0. The molecule has 1 aliphatic carbocycles. The number of carboxylic acids is 1. The van der Waals surface area contributed by atoms with Crippen molar-refractivity contribution in [2.45, 2.75) is 32.2 Å². The first kappa shape index (κ1) is 15.2. The number of nitrogens with one attached hydrogen (secondary N) is 2. The minimum atomic E-state index is -0.705. The Bertz CT molecular complexity index is 472. The van der Waals surface area contributed by atoms with E-state index in [2.05, 4.69) is 20.6 Å². The molecule has 1 aromatic rings. The predicted octanol–water partition coefficient (Wildman–Crippen LogP) is 1.17. The van der Waals surface area contributed by atoms with Crippen LogP contribution in [0.2, 0.25) is 0 Å². The van der Waals surface area contributed by atoms with E-state index in [9.17, 15) is 9.59 Å². The van der Waals surface area contributed by atoms with Gasteiger partial charge in [0.05, 0.1) is 18.2 Å². The molecule has 0 atom stereocenters. The van der Waals surface area contributed by atoms with Crippen molar-refractivity contribution in [1.82, 2.24) is 20.6 Å². The van der Waals surface area contributed by atoms with Gasteiger partial charge in [-0.25, -0.2) is 14.8 Å². The summed E-state index contributed by atoms with van der Waals surface area (Å²) in [6, 6.07) is 1.52. The molecule has 0 spiro atoms. The van der Waals surface area contributed by atoms with Crippen LogP contribution in [-0.2, 0) is 11.3 Å². The van der Waals surface area contributed by atoms with Crippen LogP contribution in [0.25, 0.3) is 0 Å². The molecule has 1 heterocycles. The number of rotatable bonds is 5. The van der Waals surface area contributed by atoms with Crippen LogP contribution in [0.5, 0.6) is 0 Å². The summed E-state index contributed by atoms with van der Waals surface area (Å²) in [5, 5.41) is 14.5. The van der Waals surface area contributed by atoms with Crippen LogP contribution < -0.4 is 10.6 Å². The minimum absolute atomic E-state index is 0.215. The number of urea groups is 1. The molecule has 7 nitrogen and oxygen atoms in total. The number of nitrogens with zero attached hydrogens (tertiary/aromatic N) is 2. The highest BCUT2D eigenvalue weighted by molar-refractivity contribution is 5.73. The molecule has 3 N–H and O–H groups in total. The summed E-state index contributed by atoms with van der Waals surface area (Å²) in [6.45, 7) is 0.946. The van der Waals surface area contributed by atoms with E-state index in [-0.39, 0.29) is 11.9 Å². The highest BCUT2D eigenvalue weighted by Crippen LogP contribution is 2.28. The van der Waals surface area contributed by atoms with E-state index in [1.54, 1.807) is 12.3 Å². The fraction of sp³-hybridized carbons (Fsp3) is 0.571. The van der Waals surface area contributed by atoms with Gasteiger partial charge in [0.2, 0.25) is 0 Å². The Morgan fingerprint density at radius 1 is 1.24 bits per heavy atom. The van der Waals surface area contributed by atoms with Crippen molar-refractivity contribution in [2.24, 2.45) is 11.8 Å². The quantitative estimate of drug-likeness (QED) is 0.755. The lowest BCUT2D eigenvalue weighted by atomic mass is 9.82. The number of carbonyl (C=O) groups excluding carboxylic acids is 1. The SMILES string of the molecule is O=C(NCc1ccncn1)NCC1CCC(C(=O)O)CC1. The average Bonchev–Trinajstić information content (AvgIpc) is 2.52. The number of aromatic nitrogens is 2. The van der Waals surface area contributed by atoms with E-state index in [0.29, 0.717) is 31.8 Å². The maximum Gasteiger partial charge on any atom is 0.315 e. The lowest BCUT2D eigenvalue weighted by Crippen LogP contribution is -2.39. The molecule has 1 aliphatic rings. The molecular weight excluding hydrogens is 272 g/mol. The van der Waals surface area contributed by atoms with Crippen molar-refractivity contribution in [2.75, 3.05) is 6.54 Å². The molecule has 1 saturated carbocycles. The molecule has 0 saturated heterocycles. The summed E-state index contributed by atoms with van der Waals surface area (Å²) in [7, 11) is 0. The molecule has 7 heteroatoms. The van der Waals surface area contributed by atoms with Crippen molar-refractivity contribution >= 4 is 12.0 Å². The van der Waals surface area contributed by atoms with E-state index in [0.717, 1.165) is 18.5 Å². The van der Waals surface area contributed by atoms with Gasteiger partial charge in [-0.2, -0.15) is 0 Å². The summed E-state index contributed by atoms with van der Waals surface area (Å²) in [5.41, 5.74) is 0.752. The molecule has 1 aromatic heterocycles. The monoisotopic (exact) mass is 292 g/mol. The van der Waals surface area contributed by atoms with Crippen LogP contribution in [0.15, 0.2) is 18.6 Å². The van der Waals surface area contributed by atoms with Crippen LogP contribution in [-0.4, -0.2) is 33.6 Å². The zero-order valence-electron chi connectivity index (χ0n) is 11.8. The maximum atomic E-state index is 11.7. The number of carbonyl (C=O) groups is 2. The molecule has 2 rings (SSSR count). The second-order valence-corrected chi connectivity index (χ2v) is 5.32. The Balaban J connectivity index is 1.62. The zero-order valence-corrected chi connectivity index (χ0v) is 11.8. The molecule has 2 amide bonds. The van der Waals surface area contributed by atoms with Crippen LogP contribution >= 0.6 is 0 Å². The van der Waals surface area contributed by atoms with Crippen molar-refractivity contribution < 1.29 is 14.7 Å². The van der Waals surface area contributed by atoms with E-state index < -0.39 is 5.97 Å². The predicted molar refractivity (Wildman–Crippen MR) is 75.4 cm³/mol. The lowest BCUT2D eigenvalue weighted by Gasteiger charge is -2.26. The van der Waals surface area contributed by atoms with Crippen LogP contribution in [0, 0.1) is 11.8 Å². The van der Waals surface area contributed by atoms with E-state index in [1.807, 2.05) is 0 Å². The van der Waals surface area contributed by atoms with Gasteiger partial charge in [-0.15, -0.1) is 0 Å². The van der Waals surface area contributed by atoms with Crippen molar-refractivity contribution in [3.05, 3.63) is 24.3 Å². The summed E-state index contributed by atoms with van der Waals surface area (Å²) in [4.78, 5) is 30.4. The molecular formula is C14H20N4O3. The van der Waals surface area contributed by atoms with Crippen molar-refractivity contribution in [3.8, 4) is 0 Å². The molecule has 114 valence electrons. The van der Waals surface area contributed by atoms with Gasteiger partial charge in [0.25, 0.3) is 0 Å². The Hall–Kier alpha value is -2.18. The van der Waals surface area contributed by atoms with Gasteiger partial charge >= 0.3 is 12.0 Å². The standard InChI is InChI=1S/C14H20N4O3/c19-13(20)11-3-1-10(2-4-11)7-16-14(21)17-8-12-5-6-15-9-18-12/h5-6,9-11H,1-4,7-8H2,(H,19,20)(H2,16,17,21). The smallest absolute Gasteiger partial charge is 0.315 e. The summed E-state index contributed by atoms with van der Waals surface area (Å²) in [6.07, 6.45) is 6.17. The molecule has 0 bridgehead atoms. The van der Waals surface area contributed by atoms with Crippen molar-refractivity contribution in [3.63, 3.8) is 0 Å². The molecule has 0 radical (unpaired) electrons. The normalized spacial score (nSPS) is 21.5. The fourth-order valence-electron chi connectivity index (χ4n) is 2.51. The minimum Gasteiger partial charge on any atom is -0.481 e.